The molecule has 0 bridgehead atoms. The average molecular weight is 244 g/mol. The highest BCUT2D eigenvalue weighted by atomic mass is 16.1. The minimum atomic E-state index is 0.243. The van der Waals surface area contributed by atoms with E-state index < -0.39 is 0 Å². The first-order chi connectivity index (χ1) is 8.89. The summed E-state index contributed by atoms with van der Waals surface area (Å²) in [6, 6.07) is 0. The first-order valence-electron chi connectivity index (χ1n) is 7.09. The van der Waals surface area contributed by atoms with E-state index in [4.69, 9.17) is 0 Å². The van der Waals surface area contributed by atoms with E-state index in [9.17, 15) is 4.79 Å². The molecule has 0 atom stereocenters. The lowest BCUT2D eigenvalue weighted by Crippen LogP contribution is -1.92. The Labute approximate surface area is 111 Å². The second kappa shape index (κ2) is 10.8. The molecule has 1 rings (SSSR count). The zero-order chi connectivity index (χ0) is 12.9. The Morgan fingerprint density at radius 2 is 1.28 bits per heavy atom. The van der Waals surface area contributed by atoms with Crippen LogP contribution in [0.5, 0.6) is 0 Å². The molecule has 0 aromatic heterocycles. The van der Waals surface area contributed by atoms with Crippen LogP contribution in [0.4, 0.5) is 0 Å². The molecule has 0 radical (unpaired) electrons. The molecule has 18 heavy (non-hydrogen) atoms. The Balaban J connectivity index is 2.41. The van der Waals surface area contributed by atoms with Crippen LogP contribution < -0.4 is 0 Å². The van der Waals surface area contributed by atoms with Crippen LogP contribution in [0.3, 0.4) is 0 Å². The number of rotatable bonds is 0. The Hall–Kier alpha value is -1.37. The van der Waals surface area contributed by atoms with Crippen molar-refractivity contribution in [3.63, 3.8) is 0 Å². The SMILES string of the molecule is O=C1\C=C/C=C\C=C/C=C\CCCCCCCC1. The molecule has 0 aromatic carbocycles. The van der Waals surface area contributed by atoms with E-state index in [1.165, 1.54) is 38.5 Å². The van der Waals surface area contributed by atoms with Gasteiger partial charge in [-0.2, -0.15) is 0 Å². The molecule has 0 aliphatic heterocycles. The lowest BCUT2D eigenvalue weighted by molar-refractivity contribution is -0.114. The minimum Gasteiger partial charge on any atom is -0.295 e. The molecule has 1 aliphatic rings. The zero-order valence-electron chi connectivity index (χ0n) is 11.2. The summed E-state index contributed by atoms with van der Waals surface area (Å²) < 4.78 is 0. The van der Waals surface area contributed by atoms with E-state index in [-0.39, 0.29) is 5.78 Å². The van der Waals surface area contributed by atoms with Gasteiger partial charge in [0.15, 0.2) is 5.78 Å². The minimum absolute atomic E-state index is 0.243. The molecule has 1 aliphatic carbocycles. The quantitative estimate of drug-likeness (QED) is 0.591. The fourth-order valence-electron chi connectivity index (χ4n) is 1.95. The molecule has 0 heterocycles. The maximum Gasteiger partial charge on any atom is 0.155 e. The second-order valence-electron chi connectivity index (χ2n) is 4.68. The van der Waals surface area contributed by atoms with Gasteiger partial charge >= 0.3 is 0 Å². The van der Waals surface area contributed by atoms with Crippen molar-refractivity contribution in [3.8, 4) is 0 Å². The van der Waals surface area contributed by atoms with Crippen LogP contribution in [0.25, 0.3) is 0 Å². The molecule has 98 valence electrons. The van der Waals surface area contributed by atoms with Crippen LogP contribution in [-0.4, -0.2) is 5.78 Å². The smallest absolute Gasteiger partial charge is 0.155 e. The Kier molecular flexibility index (Phi) is 8.78. The standard InChI is InChI=1S/C17H24O/c18-17-15-13-11-9-7-5-3-1-2-4-6-8-10-12-14-16-17/h1,3,5,7,9,11,13,15H,2,4,6,8,10,12,14,16H2/b3-1-,7-5-,11-9-,15-13-. The number of carbonyl (C=O) groups excluding carboxylic acids is 1. The van der Waals surface area contributed by atoms with Crippen molar-refractivity contribution >= 4 is 5.78 Å². The number of hydrogen-bond donors (Lipinski definition) is 0. The summed E-state index contributed by atoms with van der Waals surface area (Å²) in [5.74, 6) is 0.243. The summed E-state index contributed by atoms with van der Waals surface area (Å²) in [7, 11) is 0. The van der Waals surface area contributed by atoms with E-state index >= 15 is 0 Å². The number of hydrogen-bond acceptors (Lipinski definition) is 1. The summed E-state index contributed by atoms with van der Waals surface area (Å²) in [5.41, 5.74) is 0. The van der Waals surface area contributed by atoms with Gasteiger partial charge in [0, 0.05) is 6.42 Å². The molecule has 0 amide bonds. The van der Waals surface area contributed by atoms with E-state index in [0.717, 1.165) is 6.42 Å². The van der Waals surface area contributed by atoms with E-state index in [2.05, 4.69) is 12.2 Å². The summed E-state index contributed by atoms with van der Waals surface area (Å²) in [4.78, 5) is 11.5. The van der Waals surface area contributed by atoms with Gasteiger partial charge in [0.05, 0.1) is 0 Å². The second-order valence-corrected chi connectivity index (χ2v) is 4.68. The van der Waals surface area contributed by atoms with E-state index in [0.29, 0.717) is 6.42 Å². The van der Waals surface area contributed by atoms with Crippen LogP contribution in [0.1, 0.15) is 51.4 Å². The Morgan fingerprint density at radius 3 is 2.11 bits per heavy atom. The molecule has 1 nitrogen and oxygen atoms in total. The van der Waals surface area contributed by atoms with Crippen LogP contribution in [0.15, 0.2) is 48.6 Å². The number of carbonyl (C=O) groups is 1. The third-order valence-corrected chi connectivity index (χ3v) is 3.02. The largest absolute Gasteiger partial charge is 0.295 e. The van der Waals surface area contributed by atoms with Gasteiger partial charge in [0.2, 0.25) is 0 Å². The van der Waals surface area contributed by atoms with Gasteiger partial charge in [-0.05, 0) is 25.3 Å². The normalized spacial score (nSPS) is 27.0. The maximum atomic E-state index is 11.5. The number of allylic oxidation sites excluding steroid dienone is 8. The molecule has 0 saturated heterocycles. The first kappa shape index (κ1) is 14.7. The Bertz CT molecular complexity index is 332. The van der Waals surface area contributed by atoms with Crippen molar-refractivity contribution in [2.45, 2.75) is 51.4 Å². The summed E-state index contributed by atoms with van der Waals surface area (Å²) >= 11 is 0. The van der Waals surface area contributed by atoms with E-state index in [1.54, 1.807) is 6.08 Å². The number of ketones is 1. The van der Waals surface area contributed by atoms with Gasteiger partial charge in [0.25, 0.3) is 0 Å². The highest BCUT2D eigenvalue weighted by molar-refractivity contribution is 5.89. The van der Waals surface area contributed by atoms with Crippen LogP contribution in [-0.2, 0) is 4.79 Å². The topological polar surface area (TPSA) is 17.1 Å². The zero-order valence-corrected chi connectivity index (χ0v) is 11.2. The molecule has 0 fully saturated rings. The molecule has 0 aromatic rings. The van der Waals surface area contributed by atoms with Gasteiger partial charge in [-0.25, -0.2) is 0 Å². The molecule has 1 heteroatoms. The van der Waals surface area contributed by atoms with Crippen LogP contribution >= 0.6 is 0 Å². The Morgan fingerprint density at radius 1 is 0.667 bits per heavy atom. The molecule has 0 spiro atoms. The predicted molar refractivity (Wildman–Crippen MR) is 78.5 cm³/mol. The molecule has 0 saturated carbocycles. The van der Waals surface area contributed by atoms with Gasteiger partial charge < -0.3 is 0 Å². The lowest BCUT2D eigenvalue weighted by atomic mass is 10.1. The lowest BCUT2D eigenvalue weighted by Gasteiger charge is -1.99. The fraction of sp³-hybridized carbons (Fsp3) is 0.471. The average Bonchev–Trinajstić information content (AvgIpc) is 2.37. The molecular weight excluding hydrogens is 220 g/mol. The van der Waals surface area contributed by atoms with Crippen molar-refractivity contribution in [2.75, 3.05) is 0 Å². The van der Waals surface area contributed by atoms with Crippen molar-refractivity contribution < 1.29 is 4.79 Å². The molecule has 0 N–H and O–H groups in total. The van der Waals surface area contributed by atoms with Crippen LogP contribution in [0.2, 0.25) is 0 Å². The van der Waals surface area contributed by atoms with Crippen LogP contribution in [0, 0.1) is 0 Å². The summed E-state index contributed by atoms with van der Waals surface area (Å²) in [6.45, 7) is 0. The summed E-state index contributed by atoms with van der Waals surface area (Å²) in [5, 5.41) is 0. The third-order valence-electron chi connectivity index (χ3n) is 3.02. The summed E-state index contributed by atoms with van der Waals surface area (Å²) in [6.07, 6.45) is 24.9. The fourth-order valence-corrected chi connectivity index (χ4v) is 1.95. The monoisotopic (exact) mass is 244 g/mol. The third kappa shape index (κ3) is 8.74. The van der Waals surface area contributed by atoms with Gasteiger partial charge in [0.1, 0.15) is 0 Å². The first-order valence-corrected chi connectivity index (χ1v) is 7.09. The highest BCUT2D eigenvalue weighted by Gasteiger charge is 1.96. The molecular formula is C17H24O. The van der Waals surface area contributed by atoms with E-state index in [1.807, 2.05) is 30.4 Å². The van der Waals surface area contributed by atoms with Gasteiger partial charge in [-0.3, -0.25) is 4.79 Å². The van der Waals surface area contributed by atoms with Crippen molar-refractivity contribution in [3.05, 3.63) is 48.6 Å². The molecule has 0 unspecified atom stereocenters. The predicted octanol–water partition coefficient (Wildman–Crippen LogP) is 4.91. The van der Waals surface area contributed by atoms with Crippen molar-refractivity contribution in [2.24, 2.45) is 0 Å². The van der Waals surface area contributed by atoms with Crippen molar-refractivity contribution in [1.82, 2.24) is 0 Å². The van der Waals surface area contributed by atoms with Crippen molar-refractivity contribution in [1.29, 1.82) is 0 Å². The highest BCUT2D eigenvalue weighted by Crippen LogP contribution is 2.09. The van der Waals surface area contributed by atoms with Gasteiger partial charge in [-0.1, -0.05) is 68.2 Å². The maximum absolute atomic E-state index is 11.5. The van der Waals surface area contributed by atoms with Gasteiger partial charge in [-0.15, -0.1) is 0 Å².